The van der Waals surface area contributed by atoms with E-state index in [2.05, 4.69) is 17.4 Å². The highest BCUT2D eigenvalue weighted by molar-refractivity contribution is 8.01. The Bertz CT molecular complexity index is 1180. The van der Waals surface area contributed by atoms with E-state index < -0.39 is 15.1 Å². The van der Waals surface area contributed by atoms with Crippen LogP contribution in [0.5, 0.6) is 0 Å². The maximum atomic E-state index is 13.1. The summed E-state index contributed by atoms with van der Waals surface area (Å²) in [6.45, 7) is 4.43. The van der Waals surface area contributed by atoms with E-state index in [1.807, 2.05) is 24.3 Å². The number of carbonyl (C=O) groups excluding carboxylic acids is 2. The van der Waals surface area contributed by atoms with Gasteiger partial charge >= 0.3 is 0 Å². The molecule has 0 aliphatic carbocycles. The van der Waals surface area contributed by atoms with E-state index in [4.69, 9.17) is 0 Å². The number of anilines is 1. The van der Waals surface area contributed by atoms with Crippen molar-refractivity contribution in [2.24, 2.45) is 0 Å². The van der Waals surface area contributed by atoms with Gasteiger partial charge in [0.05, 0.1) is 21.1 Å². The Morgan fingerprint density at radius 1 is 1.22 bits per heavy atom. The zero-order valence-electron chi connectivity index (χ0n) is 18.1. The molecule has 0 saturated heterocycles. The standard InChI is InChI=1S/C24H26N2O4S2/c1-16(14-23(27)26-12-10-19(11-13-26)18-6-4-3-5-7-18)32(29,30)20-8-9-22-21(15-20)25-24(28)17(2)31-22/h3-10,15-17H,11-14H2,1-2H3,(H,25,28)/t16-,17-/m0/s1. The summed E-state index contributed by atoms with van der Waals surface area (Å²) >= 11 is 1.40. The Kier molecular flexibility index (Phi) is 6.44. The highest BCUT2D eigenvalue weighted by Gasteiger charge is 2.30. The minimum atomic E-state index is -3.71. The van der Waals surface area contributed by atoms with Crippen LogP contribution in [0.3, 0.4) is 0 Å². The van der Waals surface area contributed by atoms with Crippen molar-refractivity contribution in [1.29, 1.82) is 0 Å². The first kappa shape index (κ1) is 22.6. The van der Waals surface area contributed by atoms with Crippen LogP contribution in [0.25, 0.3) is 5.57 Å². The van der Waals surface area contributed by atoms with Gasteiger partial charge in [0.15, 0.2) is 9.84 Å². The highest BCUT2D eigenvalue weighted by Crippen LogP contribution is 2.37. The van der Waals surface area contributed by atoms with Gasteiger partial charge < -0.3 is 10.2 Å². The predicted octanol–water partition coefficient (Wildman–Crippen LogP) is 3.99. The molecule has 0 radical (unpaired) electrons. The minimum absolute atomic E-state index is 0.0773. The molecule has 2 amide bonds. The maximum Gasteiger partial charge on any atom is 0.237 e. The molecule has 4 rings (SSSR count). The van der Waals surface area contributed by atoms with Crippen molar-refractivity contribution in [3.05, 3.63) is 60.2 Å². The number of amides is 2. The lowest BCUT2D eigenvalue weighted by Gasteiger charge is -2.28. The lowest BCUT2D eigenvalue weighted by atomic mass is 9.99. The van der Waals surface area contributed by atoms with Crippen molar-refractivity contribution < 1.29 is 18.0 Å². The summed E-state index contributed by atoms with van der Waals surface area (Å²) in [6, 6.07) is 14.8. The van der Waals surface area contributed by atoms with Crippen LogP contribution in [0.1, 0.15) is 32.3 Å². The number of thioether (sulfide) groups is 1. The molecule has 0 aromatic heterocycles. The molecule has 2 heterocycles. The predicted molar refractivity (Wildman–Crippen MR) is 127 cm³/mol. The molecule has 0 saturated carbocycles. The number of nitrogens with zero attached hydrogens (tertiary/aromatic N) is 1. The summed E-state index contributed by atoms with van der Waals surface area (Å²) in [5.74, 6) is -0.312. The number of fused-ring (bicyclic) bond motifs is 1. The fourth-order valence-corrected chi connectivity index (χ4v) is 6.19. The van der Waals surface area contributed by atoms with E-state index in [9.17, 15) is 18.0 Å². The van der Waals surface area contributed by atoms with E-state index in [0.29, 0.717) is 18.8 Å². The fourth-order valence-electron chi connectivity index (χ4n) is 3.89. The van der Waals surface area contributed by atoms with Gasteiger partial charge in [-0.1, -0.05) is 36.4 Å². The molecule has 2 aromatic carbocycles. The summed E-state index contributed by atoms with van der Waals surface area (Å²) in [4.78, 5) is 27.4. The van der Waals surface area contributed by atoms with Gasteiger partial charge in [-0.25, -0.2) is 8.42 Å². The van der Waals surface area contributed by atoms with Gasteiger partial charge in [0.2, 0.25) is 11.8 Å². The molecule has 2 atom stereocenters. The molecular formula is C24H26N2O4S2. The lowest BCUT2D eigenvalue weighted by Crippen LogP contribution is -2.37. The Morgan fingerprint density at radius 2 is 1.97 bits per heavy atom. The zero-order chi connectivity index (χ0) is 22.9. The van der Waals surface area contributed by atoms with Crippen molar-refractivity contribution in [3.8, 4) is 0 Å². The minimum Gasteiger partial charge on any atom is -0.339 e. The van der Waals surface area contributed by atoms with Crippen molar-refractivity contribution in [1.82, 2.24) is 4.90 Å². The number of sulfone groups is 1. The normalized spacial score (nSPS) is 19.6. The smallest absolute Gasteiger partial charge is 0.237 e. The molecular weight excluding hydrogens is 444 g/mol. The Balaban J connectivity index is 1.43. The molecule has 0 spiro atoms. The number of nitrogens with one attached hydrogen (secondary N) is 1. The summed E-state index contributed by atoms with van der Waals surface area (Å²) in [5, 5.41) is 1.68. The van der Waals surface area contributed by atoms with Gasteiger partial charge in [-0.2, -0.15) is 0 Å². The molecule has 0 unspecified atom stereocenters. The van der Waals surface area contributed by atoms with Crippen LogP contribution in [-0.4, -0.2) is 48.7 Å². The highest BCUT2D eigenvalue weighted by atomic mass is 32.2. The third kappa shape index (κ3) is 4.61. The van der Waals surface area contributed by atoms with E-state index in [1.165, 1.54) is 23.4 Å². The molecule has 168 valence electrons. The van der Waals surface area contributed by atoms with Crippen LogP contribution in [-0.2, 0) is 19.4 Å². The van der Waals surface area contributed by atoms with Crippen LogP contribution in [0.2, 0.25) is 0 Å². The molecule has 1 N–H and O–H groups in total. The summed E-state index contributed by atoms with van der Waals surface area (Å²) in [6.07, 6.45) is 2.71. The Hall–Kier alpha value is -2.58. The monoisotopic (exact) mass is 470 g/mol. The number of hydrogen-bond acceptors (Lipinski definition) is 5. The third-order valence-corrected chi connectivity index (χ3v) is 9.22. The molecule has 2 aromatic rings. The van der Waals surface area contributed by atoms with Gasteiger partial charge in [0.1, 0.15) is 0 Å². The Morgan fingerprint density at radius 3 is 2.66 bits per heavy atom. The first-order valence-corrected chi connectivity index (χ1v) is 13.1. The molecule has 0 bridgehead atoms. The van der Waals surface area contributed by atoms with Crippen molar-refractivity contribution >= 4 is 44.7 Å². The molecule has 2 aliphatic rings. The zero-order valence-corrected chi connectivity index (χ0v) is 19.7. The summed E-state index contributed by atoms with van der Waals surface area (Å²) in [7, 11) is -3.71. The Labute approximate surface area is 193 Å². The molecule has 2 aliphatic heterocycles. The first-order chi connectivity index (χ1) is 15.3. The topological polar surface area (TPSA) is 83.6 Å². The fraction of sp³-hybridized carbons (Fsp3) is 0.333. The van der Waals surface area contributed by atoms with Crippen LogP contribution in [0.4, 0.5) is 5.69 Å². The van der Waals surface area contributed by atoms with Gasteiger partial charge in [-0.05, 0) is 49.6 Å². The third-order valence-electron chi connectivity index (χ3n) is 5.91. The van der Waals surface area contributed by atoms with Crippen LogP contribution < -0.4 is 5.32 Å². The second kappa shape index (κ2) is 9.11. The van der Waals surface area contributed by atoms with E-state index in [1.54, 1.807) is 30.9 Å². The van der Waals surface area contributed by atoms with Crippen molar-refractivity contribution in [2.75, 3.05) is 18.4 Å². The van der Waals surface area contributed by atoms with E-state index >= 15 is 0 Å². The van der Waals surface area contributed by atoms with Crippen molar-refractivity contribution in [2.45, 2.75) is 47.0 Å². The average molecular weight is 471 g/mol. The number of carbonyl (C=O) groups is 2. The summed E-state index contributed by atoms with van der Waals surface area (Å²) in [5.41, 5.74) is 2.87. The number of rotatable bonds is 5. The van der Waals surface area contributed by atoms with E-state index in [-0.39, 0.29) is 28.4 Å². The lowest BCUT2D eigenvalue weighted by molar-refractivity contribution is -0.130. The molecule has 8 heteroatoms. The van der Waals surface area contributed by atoms with Crippen LogP contribution in [0.15, 0.2) is 64.4 Å². The first-order valence-electron chi connectivity index (χ1n) is 10.6. The van der Waals surface area contributed by atoms with E-state index in [0.717, 1.165) is 16.9 Å². The molecule has 32 heavy (non-hydrogen) atoms. The van der Waals surface area contributed by atoms with Crippen molar-refractivity contribution in [3.63, 3.8) is 0 Å². The summed E-state index contributed by atoms with van der Waals surface area (Å²) < 4.78 is 26.2. The number of benzene rings is 2. The van der Waals surface area contributed by atoms with Gasteiger partial charge in [-0.15, -0.1) is 11.8 Å². The number of hydrogen-bond donors (Lipinski definition) is 1. The quantitative estimate of drug-likeness (QED) is 0.715. The van der Waals surface area contributed by atoms with Gasteiger partial charge in [0, 0.05) is 24.4 Å². The van der Waals surface area contributed by atoms with Crippen LogP contribution >= 0.6 is 11.8 Å². The van der Waals surface area contributed by atoms with Gasteiger partial charge in [0.25, 0.3) is 0 Å². The van der Waals surface area contributed by atoms with Gasteiger partial charge in [-0.3, -0.25) is 9.59 Å². The second-order valence-corrected chi connectivity index (χ2v) is 11.9. The van der Waals surface area contributed by atoms with Crippen LogP contribution in [0, 0.1) is 0 Å². The average Bonchev–Trinajstić information content (AvgIpc) is 2.80. The maximum absolute atomic E-state index is 13.1. The second-order valence-electron chi connectivity index (χ2n) is 8.15. The SMILES string of the molecule is C[C@@H]1Sc2ccc(S(=O)(=O)[C@@H](C)CC(=O)N3CC=C(c4ccccc4)CC3)cc2NC1=O. The molecule has 0 fully saturated rings. The molecule has 6 nitrogen and oxygen atoms in total. The largest absolute Gasteiger partial charge is 0.339 e.